The summed E-state index contributed by atoms with van der Waals surface area (Å²) in [5.74, 6) is -0.668. The molecular formula is C16H13FN6O2S. The van der Waals surface area contributed by atoms with Crippen molar-refractivity contribution in [1.82, 2.24) is 25.5 Å². The molecule has 0 aliphatic rings. The number of aromatic amines is 1. The normalized spacial score (nSPS) is 10.3. The van der Waals surface area contributed by atoms with Crippen molar-refractivity contribution in [2.45, 2.75) is 5.16 Å². The summed E-state index contributed by atoms with van der Waals surface area (Å²) in [4.78, 5) is 31.7. The summed E-state index contributed by atoms with van der Waals surface area (Å²) in [7, 11) is 0. The van der Waals surface area contributed by atoms with E-state index < -0.39 is 17.8 Å². The smallest absolute Gasteiger partial charge is 0.305 e. The van der Waals surface area contributed by atoms with Gasteiger partial charge in [-0.25, -0.2) is 14.2 Å². The highest BCUT2D eigenvalue weighted by Crippen LogP contribution is 2.18. The standard InChI is InChI=1S/C16H13FN6O2S/c17-11-3-1-2-4-12(11)19-15(25)20-13(24)9-26-16-21-14(22-23-16)10-5-7-18-8-6-10/h1-8H,9H2,(H,21,22,23)(H2,19,20,24,25). The van der Waals surface area contributed by atoms with Crippen molar-refractivity contribution in [3.05, 3.63) is 54.6 Å². The highest BCUT2D eigenvalue weighted by molar-refractivity contribution is 7.99. The molecule has 2 heterocycles. The molecule has 8 nitrogen and oxygen atoms in total. The maximum Gasteiger partial charge on any atom is 0.325 e. The highest BCUT2D eigenvalue weighted by atomic mass is 32.2. The fraction of sp³-hybridized carbons (Fsp3) is 0.0625. The number of H-pyrrole nitrogens is 1. The van der Waals surface area contributed by atoms with E-state index in [1.807, 2.05) is 0 Å². The second-order valence-corrected chi connectivity index (χ2v) is 5.92. The quantitative estimate of drug-likeness (QED) is 0.593. The molecule has 0 fully saturated rings. The number of imide groups is 1. The van der Waals surface area contributed by atoms with E-state index in [4.69, 9.17) is 0 Å². The van der Waals surface area contributed by atoms with Gasteiger partial charge in [-0.3, -0.25) is 20.2 Å². The van der Waals surface area contributed by atoms with Crippen LogP contribution in [0.5, 0.6) is 0 Å². The van der Waals surface area contributed by atoms with E-state index in [9.17, 15) is 14.0 Å². The Labute approximate surface area is 151 Å². The summed E-state index contributed by atoms with van der Waals surface area (Å²) in [6.45, 7) is 0. The maximum absolute atomic E-state index is 13.4. The lowest BCUT2D eigenvalue weighted by atomic mass is 10.3. The van der Waals surface area contributed by atoms with Crippen LogP contribution in [0.3, 0.4) is 0 Å². The third-order valence-corrected chi connectivity index (χ3v) is 3.97. The number of halogens is 1. The summed E-state index contributed by atoms with van der Waals surface area (Å²) in [5.41, 5.74) is 0.800. The van der Waals surface area contributed by atoms with E-state index in [0.717, 1.165) is 17.3 Å². The number of anilines is 1. The van der Waals surface area contributed by atoms with Crippen LogP contribution in [0.25, 0.3) is 11.4 Å². The first-order valence-electron chi connectivity index (χ1n) is 7.43. The first kappa shape index (κ1) is 17.5. The van der Waals surface area contributed by atoms with Gasteiger partial charge in [0.15, 0.2) is 5.82 Å². The molecule has 2 aromatic heterocycles. The average molecular weight is 372 g/mol. The average Bonchev–Trinajstić information content (AvgIpc) is 3.12. The maximum atomic E-state index is 13.4. The van der Waals surface area contributed by atoms with Crippen LogP contribution >= 0.6 is 11.8 Å². The number of thioether (sulfide) groups is 1. The van der Waals surface area contributed by atoms with Crippen LogP contribution in [0, 0.1) is 5.82 Å². The molecule has 132 valence electrons. The zero-order chi connectivity index (χ0) is 18.4. The van der Waals surface area contributed by atoms with Gasteiger partial charge in [0, 0.05) is 18.0 Å². The van der Waals surface area contributed by atoms with E-state index in [1.54, 1.807) is 30.6 Å². The molecule has 0 spiro atoms. The van der Waals surface area contributed by atoms with Gasteiger partial charge in [-0.15, -0.1) is 5.10 Å². The molecule has 0 unspecified atom stereocenters. The van der Waals surface area contributed by atoms with Crippen molar-refractivity contribution in [3.63, 3.8) is 0 Å². The minimum Gasteiger partial charge on any atom is -0.305 e. The van der Waals surface area contributed by atoms with E-state index >= 15 is 0 Å². The molecule has 1 aromatic carbocycles. The van der Waals surface area contributed by atoms with Gasteiger partial charge in [0.05, 0.1) is 11.4 Å². The molecule has 3 N–H and O–H groups in total. The minimum atomic E-state index is -0.812. The lowest BCUT2D eigenvalue weighted by molar-refractivity contribution is -0.117. The van der Waals surface area contributed by atoms with Crippen LogP contribution in [0.4, 0.5) is 14.9 Å². The van der Waals surface area contributed by atoms with Gasteiger partial charge in [0.1, 0.15) is 5.82 Å². The molecule has 0 saturated heterocycles. The SMILES string of the molecule is O=C(CSc1n[nH]c(-c2ccncc2)n1)NC(=O)Nc1ccccc1F. The first-order chi connectivity index (χ1) is 12.6. The molecular weight excluding hydrogens is 359 g/mol. The Balaban J connectivity index is 1.49. The van der Waals surface area contributed by atoms with Crippen molar-refractivity contribution in [1.29, 1.82) is 0 Å². The second kappa shape index (κ2) is 8.21. The number of benzene rings is 1. The van der Waals surface area contributed by atoms with Crippen molar-refractivity contribution < 1.29 is 14.0 Å². The Morgan fingerprint density at radius 1 is 1.15 bits per heavy atom. The van der Waals surface area contributed by atoms with Gasteiger partial charge in [0.25, 0.3) is 0 Å². The van der Waals surface area contributed by atoms with E-state index in [0.29, 0.717) is 11.0 Å². The first-order valence-corrected chi connectivity index (χ1v) is 8.41. The van der Waals surface area contributed by atoms with Crippen LogP contribution < -0.4 is 10.6 Å². The molecule has 3 rings (SSSR count). The number of aromatic nitrogens is 4. The lowest BCUT2D eigenvalue weighted by Crippen LogP contribution is -2.35. The van der Waals surface area contributed by atoms with Crippen molar-refractivity contribution >= 4 is 29.4 Å². The number of pyridine rings is 1. The van der Waals surface area contributed by atoms with E-state index in [2.05, 4.69) is 30.8 Å². The van der Waals surface area contributed by atoms with E-state index in [-0.39, 0.29) is 11.4 Å². The monoisotopic (exact) mass is 372 g/mol. The predicted molar refractivity (Wildman–Crippen MR) is 93.9 cm³/mol. The van der Waals surface area contributed by atoms with Crippen LogP contribution in [-0.2, 0) is 4.79 Å². The van der Waals surface area contributed by atoms with Gasteiger partial charge in [0.2, 0.25) is 11.1 Å². The van der Waals surface area contributed by atoms with Gasteiger partial charge < -0.3 is 5.32 Å². The molecule has 0 saturated carbocycles. The Morgan fingerprint density at radius 2 is 1.92 bits per heavy atom. The van der Waals surface area contributed by atoms with Gasteiger partial charge >= 0.3 is 6.03 Å². The Bertz CT molecular complexity index is 918. The highest BCUT2D eigenvalue weighted by Gasteiger charge is 2.12. The molecule has 3 amide bonds. The molecule has 0 aliphatic carbocycles. The van der Waals surface area contributed by atoms with Crippen molar-refractivity contribution in [2.24, 2.45) is 0 Å². The zero-order valence-corrected chi connectivity index (χ0v) is 14.1. The largest absolute Gasteiger partial charge is 0.325 e. The minimum absolute atomic E-state index is 0.0126. The Hall–Kier alpha value is -3.27. The van der Waals surface area contributed by atoms with Crippen molar-refractivity contribution in [2.75, 3.05) is 11.1 Å². The molecule has 26 heavy (non-hydrogen) atoms. The molecule has 10 heteroatoms. The van der Waals surface area contributed by atoms with Crippen LogP contribution in [-0.4, -0.2) is 37.9 Å². The third-order valence-electron chi connectivity index (χ3n) is 3.13. The fourth-order valence-electron chi connectivity index (χ4n) is 1.96. The Morgan fingerprint density at radius 3 is 2.69 bits per heavy atom. The molecule has 0 aliphatic heterocycles. The zero-order valence-electron chi connectivity index (χ0n) is 13.3. The van der Waals surface area contributed by atoms with E-state index in [1.165, 1.54) is 18.2 Å². The van der Waals surface area contributed by atoms with Gasteiger partial charge in [-0.05, 0) is 24.3 Å². The van der Waals surface area contributed by atoms with Crippen molar-refractivity contribution in [3.8, 4) is 11.4 Å². The topological polar surface area (TPSA) is 113 Å². The number of rotatable bonds is 5. The number of amides is 3. The van der Waals surface area contributed by atoms with Gasteiger partial charge in [-0.2, -0.15) is 0 Å². The van der Waals surface area contributed by atoms with Crippen LogP contribution in [0.15, 0.2) is 53.9 Å². The number of para-hydroxylation sites is 1. The molecule has 0 bridgehead atoms. The Kier molecular flexibility index (Phi) is 5.54. The lowest BCUT2D eigenvalue weighted by Gasteiger charge is -2.06. The number of urea groups is 1. The van der Waals surface area contributed by atoms with Crippen LogP contribution in [0.2, 0.25) is 0 Å². The number of hydrogen-bond donors (Lipinski definition) is 3. The summed E-state index contributed by atoms with van der Waals surface area (Å²) < 4.78 is 13.4. The number of hydrogen-bond acceptors (Lipinski definition) is 6. The van der Waals surface area contributed by atoms with Gasteiger partial charge in [-0.1, -0.05) is 23.9 Å². The summed E-state index contributed by atoms with van der Waals surface area (Å²) in [6, 6.07) is 8.40. The fourth-order valence-corrected chi connectivity index (χ4v) is 2.56. The number of carbonyl (C=O) groups excluding carboxylic acids is 2. The number of carbonyl (C=O) groups is 2. The summed E-state index contributed by atoms with van der Waals surface area (Å²) in [6.07, 6.45) is 3.26. The second-order valence-electron chi connectivity index (χ2n) is 4.97. The summed E-state index contributed by atoms with van der Waals surface area (Å²) in [5, 5.41) is 11.5. The van der Waals surface area contributed by atoms with Crippen LogP contribution in [0.1, 0.15) is 0 Å². The molecule has 3 aromatic rings. The number of nitrogens with one attached hydrogen (secondary N) is 3. The molecule has 0 radical (unpaired) electrons. The third kappa shape index (κ3) is 4.63. The predicted octanol–water partition coefficient (Wildman–Crippen LogP) is 2.45. The molecule has 0 atom stereocenters. The number of nitrogens with zero attached hydrogens (tertiary/aromatic N) is 3. The summed E-state index contributed by atoms with van der Waals surface area (Å²) >= 11 is 1.06.